The first-order valence-electron chi connectivity index (χ1n) is 6.98. The van der Waals surface area contributed by atoms with Crippen LogP contribution in [0.4, 0.5) is 0 Å². The second kappa shape index (κ2) is 7.90. The number of carbonyl (C=O) groups is 1. The molecule has 3 heteroatoms. The van der Waals surface area contributed by atoms with Gasteiger partial charge in [0.25, 0.3) is 0 Å². The molecular weight excluding hydrogens is 228 g/mol. The third-order valence-electron chi connectivity index (χ3n) is 3.50. The Labute approximate surface area is 112 Å². The molecule has 18 heavy (non-hydrogen) atoms. The molecule has 108 valence electrons. The van der Waals surface area contributed by atoms with Crippen LogP contribution in [-0.4, -0.2) is 29.2 Å². The summed E-state index contributed by atoms with van der Waals surface area (Å²) in [6.07, 6.45) is 5.84. The molecule has 0 aromatic carbocycles. The summed E-state index contributed by atoms with van der Waals surface area (Å²) in [4.78, 5) is 10.7. The van der Waals surface area contributed by atoms with Gasteiger partial charge in [-0.1, -0.05) is 34.1 Å². The summed E-state index contributed by atoms with van der Waals surface area (Å²) in [6.45, 7) is 8.11. The van der Waals surface area contributed by atoms with Crippen molar-refractivity contribution in [3.63, 3.8) is 0 Å². The van der Waals surface area contributed by atoms with Crippen LogP contribution in [0.15, 0.2) is 0 Å². The summed E-state index contributed by atoms with van der Waals surface area (Å²) >= 11 is 0. The van der Waals surface area contributed by atoms with Gasteiger partial charge in [0.2, 0.25) is 0 Å². The monoisotopic (exact) mass is 258 g/mol. The van der Waals surface area contributed by atoms with Gasteiger partial charge in [0, 0.05) is 12.0 Å². The Hall–Kier alpha value is -0.410. The number of carbonyl (C=O) groups excluding carboxylic acids is 1. The average molecular weight is 258 g/mol. The van der Waals surface area contributed by atoms with Gasteiger partial charge < -0.3 is 15.0 Å². The quantitative estimate of drug-likeness (QED) is 0.592. The Balaban J connectivity index is 3.67. The Morgan fingerprint density at radius 2 is 1.56 bits per heavy atom. The van der Waals surface area contributed by atoms with E-state index in [9.17, 15) is 9.90 Å². The maximum Gasteiger partial charge on any atom is 0.125 e. The predicted octanol–water partition coefficient (Wildman–Crippen LogP) is 2.93. The molecule has 0 aliphatic heterocycles. The first-order chi connectivity index (χ1) is 8.22. The number of aliphatic hydroxyl groups excluding tert-OH is 2. The molecule has 0 rings (SSSR count). The van der Waals surface area contributed by atoms with Gasteiger partial charge >= 0.3 is 0 Å². The first-order valence-corrected chi connectivity index (χ1v) is 6.98. The largest absolute Gasteiger partial charge is 0.396 e. The van der Waals surface area contributed by atoms with Crippen LogP contribution in [0, 0.1) is 10.8 Å². The van der Waals surface area contributed by atoms with E-state index in [-0.39, 0.29) is 23.5 Å². The van der Waals surface area contributed by atoms with Crippen molar-refractivity contribution in [3.05, 3.63) is 0 Å². The molecule has 3 nitrogen and oxygen atoms in total. The standard InChI is InChI=1S/C15H30O3/c1-14(2,11-16)9-5-7-13(18)8-6-10-15(3,4)12-17/h11,13,17-18H,5-10,12H2,1-4H3. The highest BCUT2D eigenvalue weighted by atomic mass is 16.3. The van der Waals surface area contributed by atoms with E-state index in [1.54, 1.807) is 0 Å². The second-order valence-electron chi connectivity index (χ2n) is 6.87. The molecule has 0 aromatic rings. The number of aliphatic hydroxyl groups is 2. The highest BCUT2D eigenvalue weighted by Gasteiger charge is 2.18. The maximum atomic E-state index is 10.7. The first kappa shape index (κ1) is 17.6. The molecule has 0 spiro atoms. The van der Waals surface area contributed by atoms with Crippen molar-refractivity contribution in [2.75, 3.05) is 6.61 Å². The third-order valence-corrected chi connectivity index (χ3v) is 3.50. The molecule has 0 saturated carbocycles. The topological polar surface area (TPSA) is 57.5 Å². The van der Waals surface area contributed by atoms with Crippen molar-refractivity contribution in [2.24, 2.45) is 10.8 Å². The molecule has 0 amide bonds. The van der Waals surface area contributed by atoms with Gasteiger partial charge in [-0.2, -0.15) is 0 Å². The van der Waals surface area contributed by atoms with Crippen molar-refractivity contribution in [3.8, 4) is 0 Å². The molecule has 0 aliphatic rings. The van der Waals surface area contributed by atoms with Gasteiger partial charge in [-0.3, -0.25) is 0 Å². The average Bonchev–Trinajstić information content (AvgIpc) is 2.28. The minimum absolute atomic E-state index is 0.0424. The van der Waals surface area contributed by atoms with E-state index in [1.807, 2.05) is 27.7 Å². The molecule has 0 aromatic heterocycles. The zero-order valence-corrected chi connectivity index (χ0v) is 12.4. The van der Waals surface area contributed by atoms with Gasteiger partial charge in [0.1, 0.15) is 6.29 Å². The van der Waals surface area contributed by atoms with Crippen LogP contribution in [0.5, 0.6) is 0 Å². The Kier molecular flexibility index (Phi) is 7.72. The van der Waals surface area contributed by atoms with Crippen LogP contribution < -0.4 is 0 Å². The molecule has 2 N–H and O–H groups in total. The summed E-state index contributed by atoms with van der Waals surface area (Å²) in [7, 11) is 0. The van der Waals surface area contributed by atoms with E-state index in [2.05, 4.69) is 0 Å². The Bertz CT molecular complexity index is 234. The summed E-state index contributed by atoms with van der Waals surface area (Å²) in [6, 6.07) is 0. The lowest BCUT2D eigenvalue weighted by Crippen LogP contribution is -2.18. The summed E-state index contributed by atoms with van der Waals surface area (Å²) < 4.78 is 0. The highest BCUT2D eigenvalue weighted by Crippen LogP contribution is 2.24. The summed E-state index contributed by atoms with van der Waals surface area (Å²) in [5.74, 6) is 0. The molecule has 0 saturated heterocycles. The SMILES string of the molecule is CC(C)(C=O)CCCC(O)CCCC(C)(C)CO. The van der Waals surface area contributed by atoms with Crippen molar-refractivity contribution in [2.45, 2.75) is 72.3 Å². The zero-order chi connectivity index (χ0) is 14.2. The molecular formula is C15H30O3. The number of aldehydes is 1. The smallest absolute Gasteiger partial charge is 0.125 e. The molecule has 0 radical (unpaired) electrons. The fourth-order valence-corrected chi connectivity index (χ4v) is 1.89. The summed E-state index contributed by atoms with van der Waals surface area (Å²) in [5, 5.41) is 19.0. The van der Waals surface area contributed by atoms with Crippen LogP contribution in [0.3, 0.4) is 0 Å². The molecule has 0 heterocycles. The van der Waals surface area contributed by atoms with Crippen molar-refractivity contribution in [1.29, 1.82) is 0 Å². The predicted molar refractivity (Wildman–Crippen MR) is 74.4 cm³/mol. The van der Waals surface area contributed by atoms with Crippen molar-refractivity contribution >= 4 is 6.29 Å². The van der Waals surface area contributed by atoms with Crippen LogP contribution in [0.25, 0.3) is 0 Å². The highest BCUT2D eigenvalue weighted by molar-refractivity contribution is 5.57. The molecule has 0 aliphatic carbocycles. The van der Waals surface area contributed by atoms with Gasteiger partial charge in [0.15, 0.2) is 0 Å². The van der Waals surface area contributed by atoms with Crippen LogP contribution >= 0.6 is 0 Å². The molecule has 1 unspecified atom stereocenters. The van der Waals surface area contributed by atoms with Crippen LogP contribution in [0.1, 0.15) is 66.2 Å². The second-order valence-corrected chi connectivity index (χ2v) is 6.87. The molecule has 0 fully saturated rings. The minimum Gasteiger partial charge on any atom is -0.396 e. The van der Waals surface area contributed by atoms with Gasteiger partial charge in [-0.25, -0.2) is 0 Å². The number of rotatable bonds is 10. The summed E-state index contributed by atoms with van der Waals surface area (Å²) in [5.41, 5.74) is -0.308. The minimum atomic E-state index is -0.276. The maximum absolute atomic E-state index is 10.7. The van der Waals surface area contributed by atoms with E-state index in [0.717, 1.165) is 44.8 Å². The normalized spacial score (nSPS) is 14.6. The Morgan fingerprint density at radius 3 is 2.00 bits per heavy atom. The van der Waals surface area contributed by atoms with Crippen molar-refractivity contribution in [1.82, 2.24) is 0 Å². The zero-order valence-electron chi connectivity index (χ0n) is 12.4. The fourth-order valence-electron chi connectivity index (χ4n) is 1.89. The lowest BCUT2D eigenvalue weighted by molar-refractivity contribution is -0.115. The lowest BCUT2D eigenvalue weighted by Gasteiger charge is -2.22. The van der Waals surface area contributed by atoms with E-state index in [1.165, 1.54) is 0 Å². The molecule has 1 atom stereocenters. The van der Waals surface area contributed by atoms with Crippen molar-refractivity contribution < 1.29 is 15.0 Å². The van der Waals surface area contributed by atoms with Gasteiger partial charge in [-0.05, 0) is 37.5 Å². The van der Waals surface area contributed by atoms with E-state index < -0.39 is 0 Å². The van der Waals surface area contributed by atoms with Gasteiger partial charge in [0.05, 0.1) is 6.10 Å². The van der Waals surface area contributed by atoms with Crippen LogP contribution in [0.2, 0.25) is 0 Å². The van der Waals surface area contributed by atoms with E-state index in [4.69, 9.17) is 5.11 Å². The number of hydrogen-bond donors (Lipinski definition) is 2. The fraction of sp³-hybridized carbons (Fsp3) is 0.933. The third kappa shape index (κ3) is 8.65. The van der Waals surface area contributed by atoms with E-state index >= 15 is 0 Å². The van der Waals surface area contributed by atoms with E-state index in [0.29, 0.717) is 0 Å². The lowest BCUT2D eigenvalue weighted by atomic mass is 9.86. The number of hydrogen-bond acceptors (Lipinski definition) is 3. The van der Waals surface area contributed by atoms with Crippen LogP contribution in [-0.2, 0) is 4.79 Å². The van der Waals surface area contributed by atoms with Gasteiger partial charge in [-0.15, -0.1) is 0 Å². The Morgan fingerprint density at radius 1 is 1.06 bits per heavy atom. The molecule has 0 bridgehead atoms.